The highest BCUT2D eigenvalue weighted by Gasteiger charge is 2.10. The summed E-state index contributed by atoms with van der Waals surface area (Å²) in [5.41, 5.74) is 2.87. The summed E-state index contributed by atoms with van der Waals surface area (Å²) in [6, 6.07) is 16.0. The van der Waals surface area contributed by atoms with Crippen molar-refractivity contribution >= 4 is 40.9 Å². The Balaban J connectivity index is 1.46. The van der Waals surface area contributed by atoms with Crippen LogP contribution in [0.4, 0.5) is 5.69 Å². The molecule has 0 radical (unpaired) electrons. The standard InChI is InChI=1S/C21H20ClN3O3S/c1-25(2)21(27)15-5-9-17(10-6-15)23-20(26)13-29-12-18-11-19(24-28-18)14-3-7-16(22)8-4-14/h3-11H,12-13H2,1-2H3,(H,23,26). The number of aromatic nitrogens is 1. The lowest BCUT2D eigenvalue weighted by atomic mass is 10.1. The number of carbonyl (C=O) groups excluding carboxylic acids is 2. The molecular weight excluding hydrogens is 410 g/mol. The van der Waals surface area contributed by atoms with E-state index in [-0.39, 0.29) is 17.6 Å². The van der Waals surface area contributed by atoms with Crippen LogP contribution in [0.3, 0.4) is 0 Å². The van der Waals surface area contributed by atoms with Gasteiger partial charge in [-0.05, 0) is 36.4 Å². The smallest absolute Gasteiger partial charge is 0.253 e. The van der Waals surface area contributed by atoms with E-state index in [9.17, 15) is 9.59 Å². The fraction of sp³-hybridized carbons (Fsp3) is 0.190. The summed E-state index contributed by atoms with van der Waals surface area (Å²) in [5.74, 6) is 1.29. The van der Waals surface area contributed by atoms with Crippen LogP contribution >= 0.6 is 23.4 Å². The van der Waals surface area contributed by atoms with Crippen molar-refractivity contribution in [2.24, 2.45) is 0 Å². The van der Waals surface area contributed by atoms with E-state index in [0.717, 1.165) is 11.3 Å². The Morgan fingerprint density at radius 1 is 1.10 bits per heavy atom. The number of halogens is 1. The van der Waals surface area contributed by atoms with Crippen LogP contribution in [0.5, 0.6) is 0 Å². The lowest BCUT2D eigenvalue weighted by molar-refractivity contribution is -0.113. The molecular formula is C21H20ClN3O3S. The highest BCUT2D eigenvalue weighted by atomic mass is 35.5. The summed E-state index contributed by atoms with van der Waals surface area (Å²) in [5, 5.41) is 7.53. The van der Waals surface area contributed by atoms with Crippen LogP contribution < -0.4 is 5.32 Å². The Morgan fingerprint density at radius 2 is 1.79 bits per heavy atom. The number of amides is 2. The van der Waals surface area contributed by atoms with Crippen molar-refractivity contribution in [3.63, 3.8) is 0 Å². The summed E-state index contributed by atoms with van der Waals surface area (Å²) in [7, 11) is 3.39. The molecule has 0 saturated heterocycles. The van der Waals surface area contributed by atoms with E-state index in [2.05, 4.69) is 10.5 Å². The van der Waals surface area contributed by atoms with E-state index >= 15 is 0 Å². The minimum Gasteiger partial charge on any atom is -0.360 e. The SMILES string of the molecule is CN(C)C(=O)c1ccc(NC(=O)CSCc2cc(-c3ccc(Cl)cc3)no2)cc1. The zero-order valence-corrected chi connectivity index (χ0v) is 17.6. The maximum atomic E-state index is 12.1. The Morgan fingerprint density at radius 3 is 2.45 bits per heavy atom. The Hall–Kier alpha value is -2.77. The molecule has 2 amide bonds. The number of hydrogen-bond donors (Lipinski definition) is 1. The van der Waals surface area contributed by atoms with Crippen LogP contribution in [-0.2, 0) is 10.5 Å². The van der Waals surface area contributed by atoms with Gasteiger partial charge in [0.2, 0.25) is 5.91 Å². The first-order valence-corrected chi connectivity index (χ1v) is 10.4. The fourth-order valence-corrected chi connectivity index (χ4v) is 3.36. The molecule has 6 nitrogen and oxygen atoms in total. The number of thioether (sulfide) groups is 1. The highest BCUT2D eigenvalue weighted by molar-refractivity contribution is 7.99. The van der Waals surface area contributed by atoms with Gasteiger partial charge in [-0.2, -0.15) is 0 Å². The van der Waals surface area contributed by atoms with E-state index in [1.54, 1.807) is 50.5 Å². The maximum Gasteiger partial charge on any atom is 0.253 e. The minimum absolute atomic E-state index is 0.0801. The molecule has 1 aromatic heterocycles. The predicted octanol–water partition coefficient (Wildman–Crippen LogP) is 4.57. The van der Waals surface area contributed by atoms with Gasteiger partial charge < -0.3 is 14.7 Å². The molecule has 0 spiro atoms. The average molecular weight is 430 g/mol. The van der Waals surface area contributed by atoms with Gasteiger partial charge in [-0.1, -0.05) is 28.9 Å². The first-order valence-electron chi connectivity index (χ1n) is 8.83. The number of nitrogens with one attached hydrogen (secondary N) is 1. The molecule has 3 aromatic rings. The van der Waals surface area contributed by atoms with Crippen molar-refractivity contribution in [3.05, 3.63) is 70.9 Å². The van der Waals surface area contributed by atoms with Gasteiger partial charge in [-0.3, -0.25) is 9.59 Å². The van der Waals surface area contributed by atoms with Gasteiger partial charge in [-0.15, -0.1) is 11.8 Å². The molecule has 0 saturated carbocycles. The maximum absolute atomic E-state index is 12.1. The Bertz CT molecular complexity index is 985. The highest BCUT2D eigenvalue weighted by Crippen LogP contribution is 2.23. The van der Waals surface area contributed by atoms with E-state index in [1.165, 1.54) is 16.7 Å². The lowest BCUT2D eigenvalue weighted by Gasteiger charge is -2.11. The van der Waals surface area contributed by atoms with Crippen molar-refractivity contribution in [2.45, 2.75) is 5.75 Å². The Labute approximate surface area is 178 Å². The van der Waals surface area contributed by atoms with E-state index in [1.807, 2.05) is 18.2 Å². The van der Waals surface area contributed by atoms with Gasteiger partial charge in [-0.25, -0.2) is 0 Å². The summed E-state index contributed by atoms with van der Waals surface area (Å²) >= 11 is 7.32. The van der Waals surface area contributed by atoms with E-state index < -0.39 is 0 Å². The molecule has 0 aliphatic heterocycles. The van der Waals surface area contributed by atoms with Crippen LogP contribution in [-0.4, -0.2) is 41.7 Å². The Kier molecular flexibility index (Phi) is 6.95. The molecule has 1 N–H and O–H groups in total. The number of carbonyl (C=O) groups is 2. The predicted molar refractivity (Wildman–Crippen MR) is 116 cm³/mol. The van der Waals surface area contributed by atoms with E-state index in [4.69, 9.17) is 16.1 Å². The largest absolute Gasteiger partial charge is 0.360 e. The number of nitrogens with zero attached hydrogens (tertiary/aromatic N) is 2. The number of benzene rings is 2. The normalized spacial score (nSPS) is 10.6. The summed E-state index contributed by atoms with van der Waals surface area (Å²) in [6.07, 6.45) is 0. The van der Waals surface area contributed by atoms with Crippen molar-refractivity contribution < 1.29 is 14.1 Å². The van der Waals surface area contributed by atoms with Gasteiger partial charge in [0, 0.05) is 42.0 Å². The minimum atomic E-state index is -0.126. The van der Waals surface area contributed by atoms with Crippen molar-refractivity contribution in [1.82, 2.24) is 10.1 Å². The third-order valence-electron chi connectivity index (χ3n) is 4.00. The lowest BCUT2D eigenvalue weighted by Crippen LogP contribution is -2.21. The molecule has 0 aliphatic rings. The van der Waals surface area contributed by atoms with Crippen molar-refractivity contribution in [3.8, 4) is 11.3 Å². The topological polar surface area (TPSA) is 75.4 Å². The third-order valence-corrected chi connectivity index (χ3v) is 5.21. The monoisotopic (exact) mass is 429 g/mol. The van der Waals surface area contributed by atoms with Crippen LogP contribution in [0.2, 0.25) is 5.02 Å². The zero-order valence-electron chi connectivity index (χ0n) is 16.0. The molecule has 2 aromatic carbocycles. The van der Waals surface area contributed by atoms with Gasteiger partial charge in [0.05, 0.1) is 11.5 Å². The van der Waals surface area contributed by atoms with E-state index in [0.29, 0.717) is 27.8 Å². The summed E-state index contributed by atoms with van der Waals surface area (Å²) < 4.78 is 5.33. The first-order chi connectivity index (χ1) is 13.9. The molecule has 1 heterocycles. The molecule has 8 heteroatoms. The quantitative estimate of drug-likeness (QED) is 0.595. The second-order valence-electron chi connectivity index (χ2n) is 6.50. The van der Waals surface area contributed by atoms with Crippen LogP contribution in [0, 0.1) is 0 Å². The van der Waals surface area contributed by atoms with Gasteiger partial charge in [0.25, 0.3) is 5.91 Å². The molecule has 0 fully saturated rings. The fourth-order valence-electron chi connectivity index (χ4n) is 2.53. The van der Waals surface area contributed by atoms with Crippen molar-refractivity contribution in [1.29, 1.82) is 0 Å². The van der Waals surface area contributed by atoms with Crippen molar-refractivity contribution in [2.75, 3.05) is 25.2 Å². The molecule has 3 rings (SSSR count). The number of anilines is 1. The first kappa shape index (κ1) is 21.0. The molecule has 29 heavy (non-hydrogen) atoms. The van der Waals surface area contributed by atoms with Crippen LogP contribution in [0.1, 0.15) is 16.1 Å². The average Bonchev–Trinajstić information content (AvgIpc) is 3.17. The number of hydrogen-bond acceptors (Lipinski definition) is 5. The summed E-state index contributed by atoms with van der Waals surface area (Å²) in [4.78, 5) is 25.5. The number of rotatable bonds is 7. The zero-order chi connectivity index (χ0) is 20.8. The summed E-state index contributed by atoms with van der Waals surface area (Å²) in [6.45, 7) is 0. The second-order valence-corrected chi connectivity index (χ2v) is 7.93. The molecule has 150 valence electrons. The second kappa shape index (κ2) is 9.62. The molecule has 0 unspecified atom stereocenters. The molecule has 0 aliphatic carbocycles. The third kappa shape index (κ3) is 5.85. The van der Waals surface area contributed by atoms with Crippen LogP contribution in [0.25, 0.3) is 11.3 Å². The molecule has 0 atom stereocenters. The van der Waals surface area contributed by atoms with Crippen LogP contribution in [0.15, 0.2) is 59.1 Å². The van der Waals surface area contributed by atoms with Gasteiger partial charge in [0.1, 0.15) is 11.5 Å². The van der Waals surface area contributed by atoms with Gasteiger partial charge in [0.15, 0.2) is 0 Å². The molecule has 0 bridgehead atoms. The van der Waals surface area contributed by atoms with Gasteiger partial charge >= 0.3 is 0 Å².